The van der Waals surface area contributed by atoms with E-state index in [1.54, 1.807) is 4.90 Å². The Morgan fingerprint density at radius 2 is 1.57 bits per heavy atom. The number of amides is 2. The van der Waals surface area contributed by atoms with Crippen molar-refractivity contribution in [1.29, 1.82) is 0 Å². The summed E-state index contributed by atoms with van der Waals surface area (Å²) < 4.78 is 0. The molecule has 30 heavy (non-hydrogen) atoms. The fourth-order valence-corrected chi connectivity index (χ4v) is 4.24. The second kappa shape index (κ2) is 16.1. The smallest absolute Gasteiger partial charge is 0.326 e. The third-order valence-corrected chi connectivity index (χ3v) is 6.21. The van der Waals surface area contributed by atoms with E-state index in [9.17, 15) is 19.5 Å². The molecule has 0 spiro atoms. The van der Waals surface area contributed by atoms with Gasteiger partial charge in [-0.3, -0.25) is 9.59 Å². The molecule has 0 saturated heterocycles. The lowest BCUT2D eigenvalue weighted by Crippen LogP contribution is -2.40. The normalized spacial score (nSPS) is 15.5. The van der Waals surface area contributed by atoms with Gasteiger partial charge in [-0.2, -0.15) is 0 Å². The van der Waals surface area contributed by atoms with Crippen LogP contribution in [0.2, 0.25) is 0 Å². The molecule has 0 heterocycles. The highest BCUT2D eigenvalue weighted by atomic mass is 16.4. The number of unbranched alkanes of at least 4 members (excludes halogenated alkanes) is 7. The average Bonchev–Trinajstić information content (AvgIpc) is 2.74. The number of nitrogens with one attached hydrogen (secondary N) is 1. The topological polar surface area (TPSA) is 86.7 Å². The highest BCUT2D eigenvalue weighted by Crippen LogP contribution is 2.25. The highest BCUT2D eigenvalue weighted by Gasteiger charge is 2.24. The van der Waals surface area contributed by atoms with Crippen LogP contribution in [0.15, 0.2) is 0 Å². The second-order valence-electron chi connectivity index (χ2n) is 8.92. The number of rotatable bonds is 16. The summed E-state index contributed by atoms with van der Waals surface area (Å²) in [5.74, 6) is -0.746. The van der Waals surface area contributed by atoms with E-state index in [1.807, 2.05) is 7.05 Å². The molecule has 1 saturated carbocycles. The number of aliphatic carboxylic acids is 1. The van der Waals surface area contributed by atoms with Gasteiger partial charge in [0.1, 0.15) is 6.04 Å². The Morgan fingerprint density at radius 1 is 0.933 bits per heavy atom. The molecule has 0 bridgehead atoms. The number of nitrogens with zero attached hydrogens (tertiary/aromatic N) is 1. The first kappa shape index (κ1) is 26.4. The third-order valence-electron chi connectivity index (χ3n) is 6.21. The van der Waals surface area contributed by atoms with Crippen molar-refractivity contribution >= 4 is 17.8 Å². The molecule has 1 unspecified atom stereocenters. The first-order chi connectivity index (χ1) is 14.5. The lowest BCUT2D eigenvalue weighted by atomic mass is 9.88. The van der Waals surface area contributed by atoms with Crippen LogP contribution in [0.3, 0.4) is 0 Å². The molecule has 0 radical (unpaired) electrons. The number of carbonyl (C=O) groups excluding carboxylic acids is 2. The second-order valence-corrected chi connectivity index (χ2v) is 8.92. The Labute approximate surface area is 183 Å². The van der Waals surface area contributed by atoms with E-state index in [0.29, 0.717) is 25.8 Å². The van der Waals surface area contributed by atoms with Crippen molar-refractivity contribution < 1.29 is 19.5 Å². The van der Waals surface area contributed by atoms with Gasteiger partial charge in [0.05, 0.1) is 0 Å². The summed E-state index contributed by atoms with van der Waals surface area (Å²) in [4.78, 5) is 37.8. The maximum atomic E-state index is 12.5. The molecule has 1 aliphatic rings. The average molecular weight is 425 g/mol. The van der Waals surface area contributed by atoms with Gasteiger partial charge in [0.25, 0.3) is 0 Å². The van der Waals surface area contributed by atoms with Gasteiger partial charge in [0.15, 0.2) is 0 Å². The van der Waals surface area contributed by atoms with E-state index in [4.69, 9.17) is 0 Å². The van der Waals surface area contributed by atoms with Crippen molar-refractivity contribution in [2.24, 2.45) is 5.92 Å². The van der Waals surface area contributed by atoms with Crippen LogP contribution >= 0.6 is 0 Å². The number of carbonyl (C=O) groups is 3. The summed E-state index contributed by atoms with van der Waals surface area (Å²) in [5.41, 5.74) is 0. The monoisotopic (exact) mass is 424 g/mol. The molecule has 6 nitrogen and oxygen atoms in total. The zero-order valence-corrected chi connectivity index (χ0v) is 19.3. The van der Waals surface area contributed by atoms with E-state index in [0.717, 1.165) is 51.4 Å². The first-order valence-electron chi connectivity index (χ1n) is 12.2. The molecule has 1 aliphatic carbocycles. The molecule has 174 valence electrons. The fourth-order valence-electron chi connectivity index (χ4n) is 4.24. The van der Waals surface area contributed by atoms with Crippen molar-refractivity contribution in [2.75, 3.05) is 13.6 Å². The van der Waals surface area contributed by atoms with Crippen LogP contribution in [-0.4, -0.2) is 47.4 Å². The van der Waals surface area contributed by atoms with Crippen molar-refractivity contribution in [3.05, 3.63) is 0 Å². The van der Waals surface area contributed by atoms with Gasteiger partial charge < -0.3 is 15.3 Å². The Hall–Kier alpha value is -1.59. The Kier molecular flexibility index (Phi) is 14.2. The Morgan fingerprint density at radius 3 is 2.20 bits per heavy atom. The van der Waals surface area contributed by atoms with Crippen molar-refractivity contribution in [3.8, 4) is 0 Å². The van der Waals surface area contributed by atoms with E-state index in [1.165, 1.54) is 32.1 Å². The van der Waals surface area contributed by atoms with Crippen LogP contribution in [0.4, 0.5) is 0 Å². The maximum absolute atomic E-state index is 12.5. The molecule has 2 N–H and O–H groups in total. The van der Waals surface area contributed by atoms with Crippen molar-refractivity contribution in [1.82, 2.24) is 10.2 Å². The number of carboxylic acids is 1. The summed E-state index contributed by atoms with van der Waals surface area (Å²) in [7, 11) is 1.84. The summed E-state index contributed by atoms with van der Waals surface area (Å²) >= 11 is 0. The number of hydrogen-bond acceptors (Lipinski definition) is 3. The fraction of sp³-hybridized carbons (Fsp3) is 0.875. The van der Waals surface area contributed by atoms with E-state index >= 15 is 0 Å². The number of carboxylic acid groups (broad SMARTS) is 1. The van der Waals surface area contributed by atoms with Gasteiger partial charge in [0.2, 0.25) is 11.8 Å². The van der Waals surface area contributed by atoms with Gasteiger partial charge in [-0.1, -0.05) is 64.7 Å². The first-order valence-corrected chi connectivity index (χ1v) is 12.2. The van der Waals surface area contributed by atoms with Crippen LogP contribution < -0.4 is 5.32 Å². The van der Waals surface area contributed by atoms with Crippen molar-refractivity contribution in [3.63, 3.8) is 0 Å². The molecule has 6 heteroatoms. The maximum Gasteiger partial charge on any atom is 0.326 e. The van der Waals surface area contributed by atoms with Crippen LogP contribution in [-0.2, 0) is 14.4 Å². The van der Waals surface area contributed by atoms with Crippen LogP contribution in [0.1, 0.15) is 110 Å². The molecular formula is C24H44N2O4. The molecule has 1 rings (SSSR count). The SMILES string of the molecule is CCCCCCCCCC(=O)NC(CCCCN(C)C(=O)C1CCCCC1)C(=O)O. The van der Waals surface area contributed by atoms with Gasteiger partial charge in [-0.15, -0.1) is 0 Å². The lowest BCUT2D eigenvalue weighted by Gasteiger charge is -2.26. The van der Waals surface area contributed by atoms with Gasteiger partial charge in [-0.05, 0) is 38.5 Å². The molecular weight excluding hydrogens is 380 g/mol. The van der Waals surface area contributed by atoms with Crippen LogP contribution in [0.25, 0.3) is 0 Å². The zero-order valence-electron chi connectivity index (χ0n) is 19.3. The van der Waals surface area contributed by atoms with E-state index in [2.05, 4.69) is 12.2 Å². The molecule has 0 aromatic carbocycles. The van der Waals surface area contributed by atoms with Crippen LogP contribution in [0, 0.1) is 5.92 Å². The van der Waals surface area contributed by atoms with Gasteiger partial charge in [-0.25, -0.2) is 4.79 Å². The van der Waals surface area contributed by atoms with E-state index in [-0.39, 0.29) is 17.7 Å². The summed E-state index contributed by atoms with van der Waals surface area (Å²) in [6, 6.07) is -0.832. The Balaban J connectivity index is 2.18. The lowest BCUT2D eigenvalue weighted by molar-refractivity contribution is -0.142. The van der Waals surface area contributed by atoms with E-state index < -0.39 is 12.0 Å². The molecule has 1 atom stereocenters. The number of hydrogen-bond donors (Lipinski definition) is 2. The largest absolute Gasteiger partial charge is 0.480 e. The molecule has 2 amide bonds. The predicted molar refractivity (Wildman–Crippen MR) is 120 cm³/mol. The quantitative estimate of drug-likeness (QED) is 0.345. The minimum absolute atomic E-state index is 0.166. The van der Waals surface area contributed by atoms with Gasteiger partial charge in [0, 0.05) is 25.9 Å². The third kappa shape index (κ3) is 11.6. The highest BCUT2D eigenvalue weighted by molar-refractivity contribution is 5.83. The standard InChI is InChI=1S/C24H44N2O4/c1-3-4-5-6-7-8-12-18-22(27)25-21(24(29)30)17-13-14-19-26(2)23(28)20-15-10-9-11-16-20/h20-21H,3-19H2,1-2H3,(H,25,27)(H,29,30). The zero-order chi connectivity index (χ0) is 22.2. The summed E-state index contributed by atoms with van der Waals surface area (Å²) in [6.45, 7) is 2.84. The molecule has 0 aromatic heterocycles. The molecule has 1 fully saturated rings. The van der Waals surface area contributed by atoms with Crippen LogP contribution in [0.5, 0.6) is 0 Å². The Bertz CT molecular complexity index is 503. The summed E-state index contributed by atoms with van der Waals surface area (Å²) in [5, 5.41) is 12.1. The molecule has 0 aliphatic heterocycles. The predicted octanol–water partition coefficient (Wildman–Crippen LogP) is 4.91. The minimum Gasteiger partial charge on any atom is -0.480 e. The summed E-state index contributed by atoms with van der Waals surface area (Å²) in [6.07, 6.45) is 15.7. The molecule has 0 aromatic rings. The minimum atomic E-state index is -0.977. The van der Waals surface area contributed by atoms with Crippen molar-refractivity contribution in [2.45, 2.75) is 116 Å². The van der Waals surface area contributed by atoms with Gasteiger partial charge >= 0.3 is 5.97 Å².